The number of rotatable bonds is 14. The molecule has 0 radical (unpaired) electrons. The van der Waals surface area contributed by atoms with Crippen LogP contribution in [-0.4, -0.2) is 39.8 Å². The number of hydrogen-bond donors (Lipinski definition) is 3. The van der Waals surface area contributed by atoms with Crippen LogP contribution < -0.4 is 0 Å². The minimum Gasteiger partial charge on any atom is -0.481 e. The van der Waals surface area contributed by atoms with Crippen molar-refractivity contribution < 1.29 is 24.9 Å². The number of aliphatic hydroxyl groups is 2. The fraction of sp³-hybridized carbons (Fsp3) is 0.760. The molecule has 2 saturated carbocycles. The molecule has 0 aliphatic heterocycles. The van der Waals surface area contributed by atoms with Crippen molar-refractivity contribution in [2.45, 2.75) is 90.1 Å². The van der Waals surface area contributed by atoms with Gasteiger partial charge >= 0.3 is 5.97 Å². The molecular formula is C25H40O5. The fourth-order valence-corrected chi connectivity index (χ4v) is 5.20. The van der Waals surface area contributed by atoms with Crippen molar-refractivity contribution in [3.63, 3.8) is 0 Å². The van der Waals surface area contributed by atoms with E-state index in [0.29, 0.717) is 19.3 Å². The molecule has 0 spiro atoms. The van der Waals surface area contributed by atoms with Gasteiger partial charge in [0.05, 0.1) is 6.10 Å². The van der Waals surface area contributed by atoms with Crippen LogP contribution in [0.2, 0.25) is 0 Å². The summed E-state index contributed by atoms with van der Waals surface area (Å²) >= 11 is 0. The second kappa shape index (κ2) is 12.4. The fourth-order valence-electron chi connectivity index (χ4n) is 5.20. The number of carbonyl (C=O) groups is 2. The first kappa shape index (κ1) is 24.8. The van der Waals surface area contributed by atoms with Gasteiger partial charge in [-0.15, -0.1) is 0 Å². The van der Waals surface area contributed by atoms with Gasteiger partial charge in [-0.25, -0.2) is 0 Å². The lowest BCUT2D eigenvalue weighted by Gasteiger charge is -2.47. The van der Waals surface area contributed by atoms with Crippen LogP contribution in [-0.2, 0) is 9.59 Å². The lowest BCUT2D eigenvalue weighted by Crippen LogP contribution is -2.39. The quantitative estimate of drug-likeness (QED) is 0.280. The second-order valence-electron chi connectivity index (χ2n) is 9.28. The van der Waals surface area contributed by atoms with Crippen molar-refractivity contribution in [1.82, 2.24) is 0 Å². The highest BCUT2D eigenvalue weighted by Crippen LogP contribution is 2.52. The van der Waals surface area contributed by atoms with Crippen LogP contribution in [0.4, 0.5) is 0 Å². The highest BCUT2D eigenvalue weighted by atomic mass is 16.4. The number of carboxylic acids is 1. The molecule has 1 unspecified atom stereocenters. The topological polar surface area (TPSA) is 94.8 Å². The standard InChI is InChI=1S/C25H40O5/c1-2-3-14-25(15-9-16-25)19(18-26)10-8-12-21-20(22(27)17-23(21)28)11-6-4-5-7-13-24(29)30/h4,6,8,12,19-21,23,26,28H,2-3,5,7,9-11,13-18H2,1H3,(H,29,30)/b6-4-,12-8+/t19?,20-,21-,23-/m1/s1. The van der Waals surface area contributed by atoms with E-state index in [2.05, 4.69) is 13.0 Å². The summed E-state index contributed by atoms with van der Waals surface area (Å²) in [6, 6.07) is 0. The first-order valence-corrected chi connectivity index (χ1v) is 11.8. The molecule has 3 N–H and O–H groups in total. The molecule has 0 amide bonds. The molecule has 0 saturated heterocycles. The number of aliphatic carboxylic acids is 1. The van der Waals surface area contributed by atoms with E-state index in [-0.39, 0.29) is 48.4 Å². The number of aliphatic hydroxyl groups excluding tert-OH is 2. The number of Topliss-reactive ketones (excluding diaryl/α,β-unsaturated/α-hetero) is 1. The Morgan fingerprint density at radius 3 is 2.60 bits per heavy atom. The summed E-state index contributed by atoms with van der Waals surface area (Å²) in [6.07, 6.45) is 17.6. The van der Waals surface area contributed by atoms with Crippen molar-refractivity contribution in [3.8, 4) is 0 Å². The zero-order valence-electron chi connectivity index (χ0n) is 18.5. The van der Waals surface area contributed by atoms with Crippen LogP contribution >= 0.6 is 0 Å². The summed E-state index contributed by atoms with van der Waals surface area (Å²) in [5.41, 5.74) is 0.275. The molecular weight excluding hydrogens is 380 g/mol. The number of hydrogen-bond acceptors (Lipinski definition) is 4. The lowest BCUT2D eigenvalue weighted by molar-refractivity contribution is -0.137. The largest absolute Gasteiger partial charge is 0.481 e. The molecule has 0 bridgehead atoms. The van der Waals surface area contributed by atoms with Crippen LogP contribution in [0.5, 0.6) is 0 Å². The Balaban J connectivity index is 1.90. The smallest absolute Gasteiger partial charge is 0.303 e. The van der Waals surface area contributed by atoms with E-state index in [9.17, 15) is 19.8 Å². The molecule has 2 aliphatic rings. The van der Waals surface area contributed by atoms with Gasteiger partial charge in [-0.1, -0.05) is 50.5 Å². The molecule has 2 aliphatic carbocycles. The Bertz CT molecular complexity index is 605. The number of carboxylic acid groups (broad SMARTS) is 1. The Morgan fingerprint density at radius 1 is 1.23 bits per heavy atom. The lowest BCUT2D eigenvalue weighted by atomic mass is 9.58. The SMILES string of the molecule is CCCCC1(C(CO)C/C=C/[C@H]2[C@H](O)CC(=O)[C@@H]2C/C=C\CCCC(=O)O)CCC1. The molecule has 0 aromatic carbocycles. The van der Waals surface area contributed by atoms with Crippen LogP contribution in [0.15, 0.2) is 24.3 Å². The third-order valence-corrected chi connectivity index (χ3v) is 7.29. The van der Waals surface area contributed by atoms with Gasteiger partial charge in [0.15, 0.2) is 0 Å². The number of ketones is 1. The van der Waals surface area contributed by atoms with Gasteiger partial charge in [0, 0.05) is 31.3 Å². The van der Waals surface area contributed by atoms with Gasteiger partial charge in [-0.3, -0.25) is 9.59 Å². The number of allylic oxidation sites excluding steroid dienone is 3. The van der Waals surface area contributed by atoms with Crippen molar-refractivity contribution in [2.75, 3.05) is 6.61 Å². The van der Waals surface area contributed by atoms with Gasteiger partial charge in [0.2, 0.25) is 0 Å². The normalized spacial score (nSPS) is 27.0. The maximum absolute atomic E-state index is 12.3. The highest BCUT2D eigenvalue weighted by Gasteiger charge is 2.43. The van der Waals surface area contributed by atoms with Crippen LogP contribution in [0.25, 0.3) is 0 Å². The van der Waals surface area contributed by atoms with E-state index < -0.39 is 12.1 Å². The first-order chi connectivity index (χ1) is 14.4. The Labute approximate surface area is 181 Å². The molecule has 5 nitrogen and oxygen atoms in total. The van der Waals surface area contributed by atoms with E-state index in [1.54, 1.807) is 0 Å². The molecule has 0 aromatic heterocycles. The van der Waals surface area contributed by atoms with Crippen molar-refractivity contribution in [3.05, 3.63) is 24.3 Å². The third-order valence-electron chi connectivity index (χ3n) is 7.29. The number of unbranched alkanes of at least 4 members (excludes halogenated alkanes) is 2. The van der Waals surface area contributed by atoms with E-state index in [1.807, 2.05) is 18.2 Å². The van der Waals surface area contributed by atoms with E-state index in [4.69, 9.17) is 5.11 Å². The van der Waals surface area contributed by atoms with Crippen molar-refractivity contribution in [1.29, 1.82) is 0 Å². The zero-order valence-corrected chi connectivity index (χ0v) is 18.5. The van der Waals surface area contributed by atoms with E-state index in [1.165, 1.54) is 38.5 Å². The zero-order chi connectivity index (χ0) is 22.0. The summed E-state index contributed by atoms with van der Waals surface area (Å²) < 4.78 is 0. The predicted octanol–water partition coefficient (Wildman–Crippen LogP) is 4.67. The molecule has 30 heavy (non-hydrogen) atoms. The molecule has 170 valence electrons. The maximum Gasteiger partial charge on any atom is 0.303 e. The van der Waals surface area contributed by atoms with E-state index in [0.717, 1.165) is 6.42 Å². The van der Waals surface area contributed by atoms with Crippen LogP contribution in [0, 0.1) is 23.2 Å². The maximum atomic E-state index is 12.3. The third kappa shape index (κ3) is 6.78. The van der Waals surface area contributed by atoms with Crippen molar-refractivity contribution >= 4 is 11.8 Å². The minimum atomic E-state index is -0.790. The summed E-state index contributed by atoms with van der Waals surface area (Å²) in [5.74, 6) is -0.812. The molecule has 2 fully saturated rings. The first-order valence-electron chi connectivity index (χ1n) is 11.8. The van der Waals surface area contributed by atoms with Crippen molar-refractivity contribution in [2.24, 2.45) is 23.2 Å². The molecule has 4 atom stereocenters. The average molecular weight is 421 g/mol. The number of carbonyl (C=O) groups excluding carboxylic acids is 1. The Hall–Kier alpha value is -1.46. The Kier molecular flexibility index (Phi) is 10.3. The molecule has 5 heteroatoms. The summed E-state index contributed by atoms with van der Waals surface area (Å²) in [6.45, 7) is 2.40. The van der Waals surface area contributed by atoms with Gasteiger partial charge in [0.25, 0.3) is 0 Å². The Morgan fingerprint density at radius 2 is 2.00 bits per heavy atom. The minimum absolute atomic E-state index is 0.101. The van der Waals surface area contributed by atoms with Crippen LogP contribution in [0.3, 0.4) is 0 Å². The predicted molar refractivity (Wildman–Crippen MR) is 118 cm³/mol. The van der Waals surface area contributed by atoms with Crippen LogP contribution in [0.1, 0.15) is 84.0 Å². The molecule has 2 rings (SSSR count). The second-order valence-corrected chi connectivity index (χ2v) is 9.28. The van der Waals surface area contributed by atoms with E-state index >= 15 is 0 Å². The summed E-state index contributed by atoms with van der Waals surface area (Å²) in [7, 11) is 0. The summed E-state index contributed by atoms with van der Waals surface area (Å²) in [5, 5.41) is 29.1. The monoisotopic (exact) mass is 420 g/mol. The highest BCUT2D eigenvalue weighted by molar-refractivity contribution is 5.84. The van der Waals surface area contributed by atoms with Gasteiger partial charge in [0.1, 0.15) is 5.78 Å². The average Bonchev–Trinajstić information content (AvgIpc) is 2.94. The van der Waals surface area contributed by atoms with Gasteiger partial charge in [-0.05, 0) is 56.3 Å². The molecule has 0 aromatic rings. The summed E-state index contributed by atoms with van der Waals surface area (Å²) in [4.78, 5) is 22.9. The molecule has 0 heterocycles. The van der Waals surface area contributed by atoms with Gasteiger partial charge < -0.3 is 15.3 Å². The van der Waals surface area contributed by atoms with Gasteiger partial charge in [-0.2, -0.15) is 0 Å².